The van der Waals surface area contributed by atoms with Gasteiger partial charge in [0.2, 0.25) is 0 Å². The molecule has 0 aliphatic heterocycles. The number of benzene rings is 7. The molecule has 326 valence electrons. The molecule has 7 aromatic rings. The molecule has 7 aromatic carbocycles. The molecule has 2 nitrogen and oxygen atoms in total. The largest absolute Gasteiger partial charge is 0.310 e. The maximum absolute atomic E-state index is 2.42. The van der Waals surface area contributed by atoms with Crippen molar-refractivity contribution in [2.45, 2.75) is 107 Å². The van der Waals surface area contributed by atoms with E-state index in [-0.39, 0.29) is 0 Å². The van der Waals surface area contributed by atoms with Gasteiger partial charge >= 0.3 is 0 Å². The quantitative estimate of drug-likeness (QED) is 0.101. The second-order valence-electron chi connectivity index (χ2n) is 19.0. The fourth-order valence-electron chi connectivity index (χ4n) is 8.54. The molecule has 2 heteroatoms. The van der Waals surface area contributed by atoms with E-state index in [9.17, 15) is 0 Å². The summed E-state index contributed by atoms with van der Waals surface area (Å²) < 4.78 is 0. The van der Waals surface area contributed by atoms with Crippen LogP contribution in [0.5, 0.6) is 0 Å². The molecule has 0 aliphatic rings. The molecular weight excluding hydrogens is 773 g/mol. The Morgan fingerprint density at radius 3 is 0.672 bits per heavy atom. The van der Waals surface area contributed by atoms with E-state index in [4.69, 9.17) is 0 Å². The molecule has 0 saturated heterocycles. The number of rotatable bonds is 14. The molecule has 0 amide bonds. The van der Waals surface area contributed by atoms with Gasteiger partial charge in [-0.2, -0.15) is 0 Å². The molecule has 0 radical (unpaired) electrons. The topological polar surface area (TPSA) is 6.48 Å². The Balaban J connectivity index is 1.07. The molecule has 0 unspecified atom stereocenters. The molecule has 0 aromatic heterocycles. The molecule has 0 bridgehead atoms. The highest BCUT2D eigenvalue weighted by molar-refractivity contribution is 5.83. The normalized spacial score (nSPS) is 11.9. The fraction of sp³-hybridized carbons (Fsp3) is 0.258. The Kier molecular flexibility index (Phi) is 14.3. The van der Waals surface area contributed by atoms with Crippen molar-refractivity contribution in [1.82, 2.24) is 0 Å². The maximum atomic E-state index is 2.42. The van der Waals surface area contributed by atoms with E-state index in [2.05, 4.69) is 263 Å². The van der Waals surface area contributed by atoms with Gasteiger partial charge in [-0.05, 0) is 167 Å². The lowest BCUT2D eigenvalue weighted by Crippen LogP contribution is -2.13. The third-order valence-electron chi connectivity index (χ3n) is 12.7. The third-order valence-corrected chi connectivity index (χ3v) is 12.7. The van der Waals surface area contributed by atoms with Crippen molar-refractivity contribution in [3.8, 4) is 0 Å². The van der Waals surface area contributed by atoms with E-state index in [1.165, 1.54) is 89.5 Å². The minimum atomic E-state index is 0.486. The number of hydrogen-bond acceptors (Lipinski definition) is 2. The summed E-state index contributed by atoms with van der Waals surface area (Å²) in [5, 5.41) is 0. The summed E-state index contributed by atoms with van der Waals surface area (Å²) >= 11 is 0. The Morgan fingerprint density at radius 2 is 0.484 bits per heavy atom. The van der Waals surface area contributed by atoms with Crippen LogP contribution in [0.4, 0.5) is 34.1 Å². The van der Waals surface area contributed by atoms with Crippen LogP contribution in [0.2, 0.25) is 0 Å². The van der Waals surface area contributed by atoms with Crippen LogP contribution in [-0.2, 0) is 0 Å². The zero-order chi connectivity index (χ0) is 45.7. The second-order valence-corrected chi connectivity index (χ2v) is 19.0. The minimum absolute atomic E-state index is 0.486. The molecule has 0 atom stereocenters. The Labute approximate surface area is 385 Å². The van der Waals surface area contributed by atoms with Crippen molar-refractivity contribution in [2.75, 3.05) is 9.80 Å². The van der Waals surface area contributed by atoms with E-state index < -0.39 is 0 Å². The summed E-state index contributed by atoms with van der Waals surface area (Å²) in [7, 11) is 0. The summed E-state index contributed by atoms with van der Waals surface area (Å²) in [6.45, 7) is 27.0. The van der Waals surface area contributed by atoms with E-state index in [1.54, 1.807) is 0 Å². The number of anilines is 6. The van der Waals surface area contributed by atoms with Crippen molar-refractivity contribution < 1.29 is 0 Å². The van der Waals surface area contributed by atoms with Gasteiger partial charge in [-0.3, -0.25) is 0 Å². The van der Waals surface area contributed by atoms with Gasteiger partial charge in [0, 0.05) is 34.1 Å². The Bertz CT molecular complexity index is 2440. The maximum Gasteiger partial charge on any atom is 0.0491 e. The van der Waals surface area contributed by atoms with Crippen LogP contribution in [0.3, 0.4) is 0 Å². The lowest BCUT2D eigenvalue weighted by molar-refractivity contribution is 0.863. The summed E-state index contributed by atoms with van der Waals surface area (Å²) in [4.78, 5) is 4.84. The van der Waals surface area contributed by atoms with Crippen LogP contribution in [0, 0.1) is 27.7 Å². The highest BCUT2D eigenvalue weighted by Crippen LogP contribution is 2.42. The highest BCUT2D eigenvalue weighted by Gasteiger charge is 2.20. The minimum Gasteiger partial charge on any atom is -0.310 e. The van der Waals surface area contributed by atoms with E-state index in [0.29, 0.717) is 23.7 Å². The van der Waals surface area contributed by atoms with Crippen LogP contribution in [0.15, 0.2) is 146 Å². The lowest BCUT2D eigenvalue weighted by atomic mass is 9.97. The van der Waals surface area contributed by atoms with E-state index in [1.807, 2.05) is 0 Å². The number of hydrogen-bond donors (Lipinski definition) is 0. The smallest absolute Gasteiger partial charge is 0.0491 e. The summed E-state index contributed by atoms with van der Waals surface area (Å²) in [6, 6.07) is 54.4. The zero-order valence-corrected chi connectivity index (χ0v) is 40.4. The van der Waals surface area contributed by atoms with Crippen LogP contribution in [0.25, 0.3) is 24.3 Å². The van der Waals surface area contributed by atoms with Crippen LogP contribution in [-0.4, -0.2) is 0 Å². The average Bonchev–Trinajstić information content (AvgIpc) is 3.28. The van der Waals surface area contributed by atoms with Gasteiger partial charge < -0.3 is 9.80 Å². The van der Waals surface area contributed by atoms with Gasteiger partial charge in [0.05, 0.1) is 0 Å². The molecule has 0 N–H and O–H groups in total. The first-order valence-electron chi connectivity index (χ1n) is 23.4. The zero-order valence-electron chi connectivity index (χ0n) is 40.4. The monoisotopic (exact) mass is 841 g/mol. The number of aryl methyl sites for hydroxylation is 4. The van der Waals surface area contributed by atoms with Crippen LogP contribution < -0.4 is 9.80 Å². The van der Waals surface area contributed by atoms with Gasteiger partial charge in [0.1, 0.15) is 0 Å². The van der Waals surface area contributed by atoms with Gasteiger partial charge in [0.25, 0.3) is 0 Å². The van der Waals surface area contributed by atoms with Gasteiger partial charge in [-0.15, -0.1) is 0 Å². The average molecular weight is 841 g/mol. The molecule has 0 fully saturated rings. The Morgan fingerprint density at radius 1 is 0.281 bits per heavy atom. The van der Waals surface area contributed by atoms with E-state index >= 15 is 0 Å². The van der Waals surface area contributed by atoms with Gasteiger partial charge in [0.15, 0.2) is 0 Å². The predicted molar refractivity (Wildman–Crippen MR) is 282 cm³/mol. The Hall–Kier alpha value is -6.38. The fourth-order valence-corrected chi connectivity index (χ4v) is 8.54. The standard InChI is InChI=1S/C62H68N2/c1-41(2)53-25-33-59(45(9)37-53)63(60-34-26-54(42(3)4)38-46(60)10)57-29-21-51(22-30-57)19-17-49-13-15-50(16-14-49)18-20-52-23-31-58(32-24-52)64(61-35-27-55(43(5)6)39-47(61)11)62-36-28-56(44(7)8)40-48(62)12/h13-44H,1-12H3/b19-17+,20-18+. The first-order chi connectivity index (χ1) is 30.7. The molecule has 64 heavy (non-hydrogen) atoms. The summed E-state index contributed by atoms with van der Waals surface area (Å²) in [5.41, 5.74) is 22.4. The van der Waals surface area contributed by atoms with E-state index in [0.717, 1.165) is 11.4 Å². The molecule has 0 heterocycles. The number of nitrogens with zero attached hydrogens (tertiary/aromatic N) is 2. The first kappa shape index (κ1) is 45.6. The molecule has 0 spiro atoms. The van der Waals surface area contributed by atoms with Gasteiger partial charge in [-0.25, -0.2) is 0 Å². The van der Waals surface area contributed by atoms with Crippen molar-refractivity contribution in [3.63, 3.8) is 0 Å². The van der Waals surface area contributed by atoms with Gasteiger partial charge in [-0.1, -0.05) is 177 Å². The molecule has 0 aliphatic carbocycles. The van der Waals surface area contributed by atoms with Crippen molar-refractivity contribution >= 4 is 58.4 Å². The van der Waals surface area contributed by atoms with Crippen molar-refractivity contribution in [2.24, 2.45) is 0 Å². The third kappa shape index (κ3) is 10.5. The van der Waals surface area contributed by atoms with Crippen molar-refractivity contribution in [3.05, 3.63) is 212 Å². The van der Waals surface area contributed by atoms with Crippen LogP contribution >= 0.6 is 0 Å². The highest BCUT2D eigenvalue weighted by atomic mass is 15.2. The second kappa shape index (κ2) is 20.0. The first-order valence-corrected chi connectivity index (χ1v) is 23.4. The lowest BCUT2D eigenvalue weighted by Gasteiger charge is -2.29. The molecular formula is C62H68N2. The molecule has 0 saturated carbocycles. The SMILES string of the molecule is Cc1cc(C(C)C)ccc1N(c1ccc(/C=C/c2ccc(/C=C/c3ccc(N(c4ccc(C(C)C)cc4C)c4ccc(C(C)C)cc4C)cc3)cc2)cc1)c1ccc(C(C)C)cc1C. The van der Waals surface area contributed by atoms with Crippen molar-refractivity contribution in [1.29, 1.82) is 0 Å². The summed E-state index contributed by atoms with van der Waals surface area (Å²) in [5.74, 6) is 1.95. The predicted octanol–water partition coefficient (Wildman–Crippen LogP) is 18.7. The summed E-state index contributed by atoms with van der Waals surface area (Å²) in [6.07, 6.45) is 8.81. The van der Waals surface area contributed by atoms with Crippen LogP contribution in [0.1, 0.15) is 146 Å². The molecule has 7 rings (SSSR count).